The van der Waals surface area contributed by atoms with Gasteiger partial charge in [-0.2, -0.15) is 4.52 Å². The minimum atomic E-state index is -0.0905. The summed E-state index contributed by atoms with van der Waals surface area (Å²) in [4.78, 5) is 4.52. The van der Waals surface area contributed by atoms with E-state index >= 15 is 0 Å². The standard InChI is InChI=1S/C23H22N6O3/c1-31-13-17(30)10-20(24)22-27-26-21-18-4-2-3-5-19(18)23(28-29(21)22)32-12-16-9-8-15(11-25-16)14-6-7-14/h2-5,8-11,14,24,30H,6-7,12-13H2,1H3/b17-10-,24-20?. The van der Waals surface area contributed by atoms with E-state index in [0.29, 0.717) is 17.4 Å². The van der Waals surface area contributed by atoms with Gasteiger partial charge < -0.3 is 14.6 Å². The topological polar surface area (TPSA) is 119 Å². The molecule has 0 radical (unpaired) electrons. The molecule has 3 heterocycles. The number of ether oxygens (including phenoxy) is 2. The molecular weight excluding hydrogens is 408 g/mol. The highest BCUT2D eigenvalue weighted by molar-refractivity contribution is 6.05. The van der Waals surface area contributed by atoms with Gasteiger partial charge in [-0.1, -0.05) is 24.3 Å². The van der Waals surface area contributed by atoms with Crippen LogP contribution in [0.1, 0.15) is 35.8 Å². The lowest BCUT2D eigenvalue weighted by Crippen LogP contribution is -2.09. The van der Waals surface area contributed by atoms with Crippen molar-refractivity contribution in [2.45, 2.75) is 25.4 Å². The fraction of sp³-hybridized carbons (Fsp3) is 0.261. The zero-order valence-corrected chi connectivity index (χ0v) is 17.5. The van der Waals surface area contributed by atoms with Gasteiger partial charge in [-0.3, -0.25) is 10.4 Å². The molecule has 1 aliphatic rings. The Labute approximate surface area is 183 Å². The molecule has 0 atom stereocenters. The van der Waals surface area contributed by atoms with Crippen LogP contribution in [-0.2, 0) is 11.3 Å². The number of methoxy groups -OCH3 is 1. The smallest absolute Gasteiger partial charge is 0.240 e. The summed E-state index contributed by atoms with van der Waals surface area (Å²) in [5, 5.41) is 32.7. The van der Waals surface area contributed by atoms with Gasteiger partial charge >= 0.3 is 0 Å². The Morgan fingerprint density at radius 3 is 2.72 bits per heavy atom. The average molecular weight is 430 g/mol. The number of benzene rings is 1. The summed E-state index contributed by atoms with van der Waals surface area (Å²) in [5.74, 6) is 1.14. The van der Waals surface area contributed by atoms with E-state index < -0.39 is 0 Å². The number of rotatable bonds is 8. The van der Waals surface area contributed by atoms with Gasteiger partial charge in [-0.15, -0.1) is 15.3 Å². The molecule has 0 amide bonds. The van der Waals surface area contributed by atoms with Crippen molar-refractivity contribution in [2.24, 2.45) is 0 Å². The van der Waals surface area contributed by atoms with Crippen molar-refractivity contribution in [2.75, 3.05) is 13.7 Å². The van der Waals surface area contributed by atoms with Crippen molar-refractivity contribution in [1.29, 1.82) is 5.41 Å². The van der Waals surface area contributed by atoms with Gasteiger partial charge in [0.1, 0.15) is 24.7 Å². The summed E-state index contributed by atoms with van der Waals surface area (Å²) < 4.78 is 12.4. The predicted octanol–water partition coefficient (Wildman–Crippen LogP) is 3.59. The quantitative estimate of drug-likeness (QED) is 0.324. The first-order valence-corrected chi connectivity index (χ1v) is 10.3. The van der Waals surface area contributed by atoms with Gasteiger partial charge in [-0.05, 0) is 36.5 Å². The van der Waals surface area contributed by atoms with Crippen molar-refractivity contribution in [3.8, 4) is 5.88 Å². The third-order valence-electron chi connectivity index (χ3n) is 5.33. The van der Waals surface area contributed by atoms with Crippen LogP contribution in [0.2, 0.25) is 0 Å². The molecule has 32 heavy (non-hydrogen) atoms. The minimum Gasteiger partial charge on any atom is -0.510 e. The van der Waals surface area contributed by atoms with Crippen LogP contribution in [0.3, 0.4) is 0 Å². The van der Waals surface area contributed by atoms with Gasteiger partial charge in [0, 0.05) is 30.2 Å². The van der Waals surface area contributed by atoms with Crippen LogP contribution >= 0.6 is 0 Å². The zero-order chi connectivity index (χ0) is 22.1. The van der Waals surface area contributed by atoms with E-state index in [1.807, 2.05) is 36.5 Å². The number of aliphatic hydroxyl groups excluding tert-OH is 1. The highest BCUT2D eigenvalue weighted by Gasteiger charge is 2.23. The average Bonchev–Trinajstić information content (AvgIpc) is 3.56. The van der Waals surface area contributed by atoms with Crippen molar-refractivity contribution in [3.63, 3.8) is 0 Å². The van der Waals surface area contributed by atoms with Gasteiger partial charge in [0.25, 0.3) is 0 Å². The fourth-order valence-corrected chi connectivity index (χ4v) is 3.57. The van der Waals surface area contributed by atoms with Gasteiger partial charge in [0.2, 0.25) is 11.7 Å². The Hall–Kier alpha value is -3.85. The van der Waals surface area contributed by atoms with Gasteiger partial charge in [-0.25, -0.2) is 0 Å². The van der Waals surface area contributed by atoms with Crippen LogP contribution in [0.5, 0.6) is 5.88 Å². The van der Waals surface area contributed by atoms with Crippen molar-refractivity contribution in [1.82, 2.24) is 24.8 Å². The van der Waals surface area contributed by atoms with Crippen LogP contribution in [0.15, 0.2) is 54.4 Å². The molecule has 0 saturated heterocycles. The number of nitrogens with one attached hydrogen (secondary N) is 1. The molecule has 1 aromatic carbocycles. The largest absolute Gasteiger partial charge is 0.510 e. The van der Waals surface area contributed by atoms with Crippen molar-refractivity contribution in [3.05, 3.63) is 71.5 Å². The molecule has 1 aliphatic carbocycles. The number of hydrogen-bond donors (Lipinski definition) is 2. The number of aromatic nitrogens is 5. The maximum atomic E-state index is 9.87. The lowest BCUT2D eigenvalue weighted by molar-refractivity contribution is 0.183. The van der Waals surface area contributed by atoms with E-state index in [2.05, 4.69) is 26.3 Å². The van der Waals surface area contributed by atoms with E-state index in [4.69, 9.17) is 14.9 Å². The number of hydrogen-bond acceptors (Lipinski definition) is 8. The van der Waals surface area contributed by atoms with Crippen molar-refractivity contribution < 1.29 is 14.6 Å². The first-order chi connectivity index (χ1) is 15.6. The van der Waals surface area contributed by atoms with Crippen molar-refractivity contribution >= 4 is 22.1 Å². The molecule has 2 N–H and O–H groups in total. The van der Waals surface area contributed by atoms with E-state index in [1.54, 1.807) is 0 Å². The Bertz CT molecular complexity index is 1330. The first-order valence-electron chi connectivity index (χ1n) is 10.3. The number of fused-ring (bicyclic) bond motifs is 3. The van der Waals surface area contributed by atoms with Crippen LogP contribution < -0.4 is 4.74 Å². The fourth-order valence-electron chi connectivity index (χ4n) is 3.57. The maximum Gasteiger partial charge on any atom is 0.240 e. The monoisotopic (exact) mass is 430 g/mol. The summed E-state index contributed by atoms with van der Waals surface area (Å²) in [5.41, 5.74) is 2.54. The number of allylic oxidation sites excluding steroid dienone is 1. The Morgan fingerprint density at radius 1 is 1.19 bits per heavy atom. The number of aliphatic hydroxyl groups is 1. The van der Waals surface area contributed by atoms with E-state index in [9.17, 15) is 5.11 Å². The third-order valence-corrected chi connectivity index (χ3v) is 5.33. The molecule has 0 spiro atoms. The molecule has 0 aliphatic heterocycles. The summed E-state index contributed by atoms with van der Waals surface area (Å²) >= 11 is 0. The van der Waals surface area contributed by atoms with Crippen LogP contribution in [0, 0.1) is 5.41 Å². The number of nitrogens with zero attached hydrogens (tertiary/aromatic N) is 5. The molecule has 1 fully saturated rings. The molecule has 1 saturated carbocycles. The Kier molecular flexibility index (Phi) is 5.24. The molecule has 0 unspecified atom stereocenters. The lowest BCUT2D eigenvalue weighted by atomic mass is 10.2. The van der Waals surface area contributed by atoms with Gasteiger partial charge in [0.05, 0.1) is 5.69 Å². The molecule has 3 aromatic heterocycles. The minimum absolute atomic E-state index is 0.00360. The summed E-state index contributed by atoms with van der Waals surface area (Å²) in [6.07, 6.45) is 5.66. The van der Waals surface area contributed by atoms with Crippen LogP contribution in [0.25, 0.3) is 16.4 Å². The second-order valence-electron chi connectivity index (χ2n) is 7.74. The molecule has 162 valence electrons. The highest BCUT2D eigenvalue weighted by atomic mass is 16.5. The Morgan fingerprint density at radius 2 is 2.00 bits per heavy atom. The molecule has 0 bridgehead atoms. The van der Waals surface area contributed by atoms with Crippen LogP contribution in [0.4, 0.5) is 0 Å². The zero-order valence-electron chi connectivity index (χ0n) is 17.5. The molecule has 9 heteroatoms. The van der Waals surface area contributed by atoms with E-state index in [1.165, 1.54) is 36.1 Å². The lowest BCUT2D eigenvalue weighted by Gasteiger charge is -2.10. The van der Waals surface area contributed by atoms with Crippen LogP contribution in [-0.4, -0.2) is 49.3 Å². The maximum absolute atomic E-state index is 9.87. The molecule has 5 rings (SSSR count). The summed E-state index contributed by atoms with van der Waals surface area (Å²) in [6.45, 7) is 0.257. The van der Waals surface area contributed by atoms with E-state index in [-0.39, 0.29) is 30.5 Å². The predicted molar refractivity (Wildman–Crippen MR) is 118 cm³/mol. The second kappa shape index (κ2) is 8.35. The summed E-state index contributed by atoms with van der Waals surface area (Å²) in [7, 11) is 1.46. The Balaban J connectivity index is 1.49. The van der Waals surface area contributed by atoms with Gasteiger partial charge in [0.15, 0.2) is 5.65 Å². The molecule has 4 aromatic rings. The SMILES string of the molecule is COC/C(O)=C/C(=N)c1nnc2c3ccccc3c(OCc3ccc(C4CC4)cn3)nn12. The number of pyridine rings is 1. The third kappa shape index (κ3) is 3.90. The van der Waals surface area contributed by atoms with E-state index in [0.717, 1.165) is 16.5 Å². The first kappa shape index (κ1) is 20.1. The highest BCUT2D eigenvalue weighted by Crippen LogP contribution is 2.39. The normalized spacial score (nSPS) is 14.2. The summed E-state index contributed by atoms with van der Waals surface area (Å²) in [6, 6.07) is 11.7. The molecule has 9 nitrogen and oxygen atoms in total. The second-order valence-corrected chi connectivity index (χ2v) is 7.74. The molecular formula is C23H22N6O3.